The van der Waals surface area contributed by atoms with Crippen molar-refractivity contribution in [3.8, 4) is 11.5 Å². The first-order valence-corrected chi connectivity index (χ1v) is 10.2. The van der Waals surface area contributed by atoms with E-state index in [9.17, 15) is 14.0 Å². The average Bonchev–Trinajstić information content (AvgIpc) is 3.33. The Balaban J connectivity index is 1.29. The van der Waals surface area contributed by atoms with E-state index in [1.807, 2.05) is 36.4 Å². The fourth-order valence-electron chi connectivity index (χ4n) is 3.78. The van der Waals surface area contributed by atoms with Crippen LogP contribution in [0.25, 0.3) is 11.6 Å². The van der Waals surface area contributed by atoms with E-state index < -0.39 is 11.9 Å². The van der Waals surface area contributed by atoms with Crippen LogP contribution in [0.15, 0.2) is 66.7 Å². The summed E-state index contributed by atoms with van der Waals surface area (Å²) in [6.07, 6.45) is 1.90. The second-order valence-corrected chi connectivity index (χ2v) is 7.64. The number of amides is 2. The third kappa shape index (κ3) is 4.05. The Bertz CT molecular complexity index is 1240. The second kappa shape index (κ2) is 8.19. The molecule has 0 saturated carbocycles. The number of benzene rings is 3. The Labute approximate surface area is 183 Å². The summed E-state index contributed by atoms with van der Waals surface area (Å²) in [6.45, 7) is 0.345. The van der Waals surface area contributed by atoms with Crippen molar-refractivity contribution in [2.45, 2.75) is 12.5 Å². The number of rotatable bonds is 5. The summed E-state index contributed by atoms with van der Waals surface area (Å²) in [4.78, 5) is 23.4. The summed E-state index contributed by atoms with van der Waals surface area (Å²) < 4.78 is 25.3. The largest absolute Gasteiger partial charge is 0.454 e. The molecule has 1 fully saturated rings. The normalized spacial score (nSPS) is 18.2. The lowest BCUT2D eigenvalue weighted by Gasteiger charge is -2.10. The number of carbonyl (C=O) groups excluding carboxylic acids is 2. The summed E-state index contributed by atoms with van der Waals surface area (Å²) in [5.41, 5.74) is 3.60. The first-order valence-electron chi connectivity index (χ1n) is 10.2. The number of alkyl carbamates (subject to hydrolysis) is 1. The molecule has 6 nitrogen and oxygen atoms in total. The maximum Gasteiger partial charge on any atom is 0.407 e. The number of nitrogens with one attached hydrogen (secondary N) is 2. The van der Waals surface area contributed by atoms with Gasteiger partial charge in [-0.2, -0.15) is 0 Å². The molecule has 160 valence electrons. The zero-order valence-electron chi connectivity index (χ0n) is 16.9. The van der Waals surface area contributed by atoms with Gasteiger partial charge in [-0.3, -0.25) is 4.79 Å². The quantitative estimate of drug-likeness (QED) is 0.572. The van der Waals surface area contributed by atoms with Gasteiger partial charge in [0.15, 0.2) is 11.6 Å². The Hall–Kier alpha value is -4.13. The molecule has 5 rings (SSSR count). The number of carbonyl (C=O) groups is 2. The number of hydrogen-bond acceptors (Lipinski definition) is 4. The van der Waals surface area contributed by atoms with Crippen LogP contribution < -0.4 is 15.4 Å². The van der Waals surface area contributed by atoms with Gasteiger partial charge in [-0.05, 0) is 54.0 Å². The molecule has 7 heteroatoms. The second-order valence-electron chi connectivity index (χ2n) is 7.64. The molecule has 2 aliphatic heterocycles. The van der Waals surface area contributed by atoms with Crippen LogP contribution >= 0.6 is 0 Å². The number of ether oxygens (including phenoxy) is 2. The van der Waals surface area contributed by atoms with E-state index >= 15 is 0 Å². The molecule has 2 amide bonds. The zero-order valence-corrected chi connectivity index (χ0v) is 16.9. The molecule has 0 aromatic heterocycles. The van der Waals surface area contributed by atoms with Gasteiger partial charge in [0, 0.05) is 16.8 Å². The van der Waals surface area contributed by atoms with Crippen molar-refractivity contribution in [2.75, 3.05) is 11.9 Å². The van der Waals surface area contributed by atoms with Gasteiger partial charge in [0.25, 0.3) is 5.91 Å². The smallest absolute Gasteiger partial charge is 0.407 e. The number of anilines is 1. The predicted molar refractivity (Wildman–Crippen MR) is 118 cm³/mol. The summed E-state index contributed by atoms with van der Waals surface area (Å²) >= 11 is 0. The van der Waals surface area contributed by atoms with Gasteiger partial charge in [0.05, 0.1) is 6.04 Å². The van der Waals surface area contributed by atoms with Crippen LogP contribution in [0.1, 0.15) is 16.7 Å². The lowest BCUT2D eigenvalue weighted by Crippen LogP contribution is -2.28. The Morgan fingerprint density at radius 3 is 2.62 bits per heavy atom. The molecule has 3 aromatic rings. The van der Waals surface area contributed by atoms with Crippen LogP contribution in [0.2, 0.25) is 0 Å². The fraction of sp³-hybridized carbons (Fsp3) is 0.120. The molecular formula is C25H19FN2O4. The topological polar surface area (TPSA) is 76.7 Å². The molecule has 0 radical (unpaired) electrons. The molecule has 0 spiro atoms. The highest BCUT2D eigenvalue weighted by Gasteiger charge is 2.24. The van der Waals surface area contributed by atoms with E-state index in [0.717, 1.165) is 16.8 Å². The lowest BCUT2D eigenvalue weighted by molar-refractivity contribution is -0.110. The predicted octanol–water partition coefficient (Wildman–Crippen LogP) is 4.76. The van der Waals surface area contributed by atoms with E-state index in [1.54, 1.807) is 30.3 Å². The van der Waals surface area contributed by atoms with Crippen LogP contribution in [0.4, 0.5) is 14.9 Å². The number of hydrogen-bond donors (Lipinski definition) is 2. The molecule has 2 heterocycles. The van der Waals surface area contributed by atoms with Gasteiger partial charge < -0.3 is 20.1 Å². The highest BCUT2D eigenvalue weighted by molar-refractivity contribution is 6.34. The molecule has 2 N–H and O–H groups in total. The maximum absolute atomic E-state index is 14.7. The summed E-state index contributed by atoms with van der Waals surface area (Å²) in [5.74, 6) is -0.154. The summed E-state index contributed by atoms with van der Waals surface area (Å²) in [5, 5.41) is 5.53. The van der Waals surface area contributed by atoms with Gasteiger partial charge >= 0.3 is 6.09 Å². The van der Waals surface area contributed by atoms with Gasteiger partial charge in [-0.1, -0.05) is 36.4 Å². The highest BCUT2D eigenvalue weighted by Crippen LogP contribution is 2.33. The standard InChI is InChI=1S/C25H19FN2O4/c26-21-13-16(12-20-19-3-1-2-4-22(19)28-24(20)29)7-10-23(21)32-18-8-5-15(6-9-18)11-17-14-31-25(30)27-17/h1-10,12-13,17H,11,14H2,(H,27,30)(H,28,29)/b20-12+. The summed E-state index contributed by atoms with van der Waals surface area (Å²) in [7, 11) is 0. The van der Waals surface area contributed by atoms with Crippen molar-refractivity contribution in [3.05, 3.63) is 89.2 Å². The zero-order chi connectivity index (χ0) is 22.1. The Kier molecular flexibility index (Phi) is 5.07. The first-order chi connectivity index (χ1) is 15.5. The van der Waals surface area contributed by atoms with Crippen LogP contribution in [-0.2, 0) is 16.0 Å². The van der Waals surface area contributed by atoms with Gasteiger partial charge in [-0.15, -0.1) is 0 Å². The first kappa shape index (κ1) is 19.8. The molecular weight excluding hydrogens is 411 g/mol. The molecule has 32 heavy (non-hydrogen) atoms. The van der Waals surface area contributed by atoms with Gasteiger partial charge in [-0.25, -0.2) is 9.18 Å². The monoisotopic (exact) mass is 430 g/mol. The number of fused-ring (bicyclic) bond motifs is 1. The van der Waals surface area contributed by atoms with E-state index in [0.29, 0.717) is 29.9 Å². The minimum Gasteiger partial charge on any atom is -0.454 e. The number of para-hydroxylation sites is 1. The van der Waals surface area contributed by atoms with Crippen molar-refractivity contribution in [1.29, 1.82) is 0 Å². The Morgan fingerprint density at radius 2 is 1.88 bits per heavy atom. The van der Waals surface area contributed by atoms with Crippen molar-refractivity contribution in [3.63, 3.8) is 0 Å². The molecule has 2 aliphatic rings. The third-order valence-corrected chi connectivity index (χ3v) is 5.35. The number of cyclic esters (lactones) is 1. The fourth-order valence-corrected chi connectivity index (χ4v) is 3.78. The highest BCUT2D eigenvalue weighted by atomic mass is 19.1. The molecule has 1 atom stereocenters. The van der Waals surface area contributed by atoms with Crippen molar-refractivity contribution in [1.82, 2.24) is 5.32 Å². The van der Waals surface area contributed by atoms with Crippen LogP contribution in [-0.4, -0.2) is 24.6 Å². The minimum atomic E-state index is -0.527. The lowest BCUT2D eigenvalue weighted by atomic mass is 10.0. The average molecular weight is 430 g/mol. The van der Waals surface area contributed by atoms with Crippen LogP contribution in [0.5, 0.6) is 11.5 Å². The van der Waals surface area contributed by atoms with E-state index in [1.165, 1.54) is 6.07 Å². The SMILES string of the molecule is O=C1NC(Cc2ccc(Oc3ccc(/C=C4/C(=O)Nc5ccccc54)cc3F)cc2)CO1. The van der Waals surface area contributed by atoms with Crippen LogP contribution in [0, 0.1) is 5.82 Å². The molecule has 0 bridgehead atoms. The molecule has 1 unspecified atom stereocenters. The van der Waals surface area contributed by atoms with E-state index in [2.05, 4.69) is 10.6 Å². The molecule has 1 saturated heterocycles. The molecule has 3 aromatic carbocycles. The summed E-state index contributed by atoms with van der Waals surface area (Å²) in [6, 6.07) is 19.2. The number of halogens is 1. The van der Waals surface area contributed by atoms with Crippen molar-refractivity contribution < 1.29 is 23.5 Å². The van der Waals surface area contributed by atoms with Crippen LogP contribution in [0.3, 0.4) is 0 Å². The minimum absolute atomic E-state index is 0.0534. The van der Waals surface area contributed by atoms with Gasteiger partial charge in [0.1, 0.15) is 12.4 Å². The third-order valence-electron chi connectivity index (χ3n) is 5.35. The van der Waals surface area contributed by atoms with Gasteiger partial charge in [0.2, 0.25) is 0 Å². The van der Waals surface area contributed by atoms with Crippen molar-refractivity contribution >= 4 is 29.3 Å². The van der Waals surface area contributed by atoms with Crippen molar-refractivity contribution in [2.24, 2.45) is 0 Å². The molecule has 0 aliphatic carbocycles. The van der Waals surface area contributed by atoms with E-state index in [4.69, 9.17) is 9.47 Å². The maximum atomic E-state index is 14.7. The Morgan fingerprint density at radius 1 is 1.06 bits per heavy atom. The van der Waals surface area contributed by atoms with E-state index in [-0.39, 0.29) is 17.7 Å².